The number of aliphatic hydroxyl groups excluding tert-OH is 2. The molecule has 0 spiro atoms. The number of carbonyl (C=O) groups is 3. The van der Waals surface area contributed by atoms with Crippen LogP contribution in [0.15, 0.2) is 170 Å². The van der Waals surface area contributed by atoms with E-state index in [2.05, 4.69) is 191 Å². The number of esters is 3. The zero-order valence-corrected chi connectivity index (χ0v) is 79.9. The van der Waals surface area contributed by atoms with Gasteiger partial charge in [0.25, 0.3) is 0 Å². The van der Waals surface area contributed by atoms with Crippen molar-refractivity contribution in [1.82, 2.24) is 0 Å². The molecule has 0 bridgehead atoms. The summed E-state index contributed by atoms with van der Waals surface area (Å²) >= 11 is 0. The molecule has 16 nitrogen and oxygen atoms in total. The van der Waals surface area contributed by atoms with Gasteiger partial charge in [0.2, 0.25) is 0 Å². The molecular formula is C105H180O16P2. The standard InChI is InChI=1S/C105H180O16P2/c1-4-7-10-13-16-19-22-25-28-31-34-37-40-42-44-46-48-49-51-53-54-56-59-61-64-67-70-73-76-79-82-85-88-91-103(108)115-94-100(106)95-117-122(111,112)118-96-101(107)97-119-123(113,114)120-99-102(121-105(110)93-90-87-84-81-78-75-72-69-66-63-58-39-36-33-30-27-24-21-18-15-12-9-6-3)98-116-104(109)92-89-86-83-80-77-74-71-68-65-62-60-57-55-52-50-47-45-43-41-38-35-32-29-26-23-20-17-14-11-8-5-2/h8-9,11-12,16-21,25-30,34-39,42-45,63,66,100-102,106-107H,4-7,10,13-15,22-24,31-33,40-41,46-62,64-65,67-99H2,1-3H3,(H,111,112)(H,113,114)/b11-8-,12-9-,19-16-,20-17-,21-18-,28-25-,29-26-,30-27-,37-34-,38-35-,39-36-,44-42-,45-43-,66-63-. The maximum atomic E-state index is 13.1. The van der Waals surface area contributed by atoms with E-state index in [1.807, 2.05) is 0 Å². The Hall–Kier alpha value is -5.09. The second-order valence-electron chi connectivity index (χ2n) is 32.8. The maximum Gasteiger partial charge on any atom is 0.472 e. The molecule has 0 heterocycles. The van der Waals surface area contributed by atoms with Gasteiger partial charge in [0.15, 0.2) is 6.10 Å². The van der Waals surface area contributed by atoms with Gasteiger partial charge in [-0.15, -0.1) is 0 Å². The summed E-state index contributed by atoms with van der Waals surface area (Å²) in [6, 6.07) is 0. The Balaban J connectivity index is 4.58. The molecule has 0 saturated carbocycles. The van der Waals surface area contributed by atoms with Crippen molar-refractivity contribution in [2.75, 3.05) is 39.6 Å². The predicted molar refractivity (Wildman–Crippen MR) is 519 cm³/mol. The first-order chi connectivity index (χ1) is 60.2. The Kier molecular flexibility index (Phi) is 92.0. The first-order valence-corrected chi connectivity index (χ1v) is 52.4. The van der Waals surface area contributed by atoms with Crippen molar-refractivity contribution in [1.29, 1.82) is 0 Å². The van der Waals surface area contributed by atoms with Crippen molar-refractivity contribution >= 4 is 33.6 Å². The van der Waals surface area contributed by atoms with Crippen molar-refractivity contribution in [3.8, 4) is 0 Å². The lowest BCUT2D eigenvalue weighted by atomic mass is 10.0. The third-order valence-corrected chi connectivity index (χ3v) is 22.8. The fraction of sp³-hybridized carbons (Fsp3) is 0.705. The summed E-state index contributed by atoms with van der Waals surface area (Å²) < 4.78 is 61.6. The van der Waals surface area contributed by atoms with Gasteiger partial charge in [0, 0.05) is 19.3 Å². The number of carbonyl (C=O) groups excluding carboxylic acids is 3. The Labute approximate surface area is 752 Å². The van der Waals surface area contributed by atoms with Gasteiger partial charge in [-0.3, -0.25) is 32.5 Å². The molecule has 0 rings (SSSR count). The van der Waals surface area contributed by atoms with Crippen molar-refractivity contribution < 1.29 is 75.8 Å². The fourth-order valence-corrected chi connectivity index (χ4v) is 15.1. The van der Waals surface area contributed by atoms with Crippen LogP contribution in [-0.2, 0) is 55.8 Å². The third kappa shape index (κ3) is 97.4. The van der Waals surface area contributed by atoms with Crippen molar-refractivity contribution in [2.24, 2.45) is 0 Å². The van der Waals surface area contributed by atoms with E-state index in [-0.39, 0.29) is 19.3 Å². The van der Waals surface area contributed by atoms with Gasteiger partial charge in [-0.2, -0.15) is 0 Å². The Morgan fingerprint density at radius 2 is 0.431 bits per heavy atom. The smallest absolute Gasteiger partial charge is 0.463 e. The minimum absolute atomic E-state index is 0.0881. The van der Waals surface area contributed by atoms with Crippen LogP contribution in [0.4, 0.5) is 0 Å². The van der Waals surface area contributed by atoms with Gasteiger partial charge in [-0.25, -0.2) is 9.13 Å². The van der Waals surface area contributed by atoms with Gasteiger partial charge in [-0.05, 0) is 154 Å². The molecule has 5 atom stereocenters. The third-order valence-electron chi connectivity index (χ3n) is 20.9. The quantitative estimate of drug-likeness (QED) is 0.0146. The molecule has 0 aromatic heterocycles. The molecule has 0 aliphatic rings. The van der Waals surface area contributed by atoms with Crippen LogP contribution in [0, 0.1) is 0 Å². The normalized spacial score (nSPS) is 14.4. The van der Waals surface area contributed by atoms with E-state index >= 15 is 0 Å². The van der Waals surface area contributed by atoms with Crippen LogP contribution in [0.25, 0.3) is 0 Å². The minimum atomic E-state index is -4.95. The molecule has 0 aromatic rings. The molecule has 0 aliphatic carbocycles. The van der Waals surface area contributed by atoms with E-state index < -0.39 is 91.5 Å². The van der Waals surface area contributed by atoms with Crippen LogP contribution < -0.4 is 0 Å². The number of hydrogen-bond donors (Lipinski definition) is 4. The largest absolute Gasteiger partial charge is 0.472 e. The summed E-state index contributed by atoms with van der Waals surface area (Å²) in [5, 5.41) is 20.8. The minimum Gasteiger partial charge on any atom is -0.463 e. The highest BCUT2D eigenvalue weighted by Gasteiger charge is 2.30. The summed E-state index contributed by atoms with van der Waals surface area (Å²) in [6.07, 6.45) is 126. The van der Waals surface area contributed by atoms with Crippen LogP contribution in [0.2, 0.25) is 0 Å². The van der Waals surface area contributed by atoms with Crippen LogP contribution in [0.5, 0.6) is 0 Å². The predicted octanol–water partition coefficient (Wildman–Crippen LogP) is 31.0. The molecule has 5 unspecified atom stereocenters. The summed E-state index contributed by atoms with van der Waals surface area (Å²) in [7, 11) is -9.82. The van der Waals surface area contributed by atoms with E-state index in [0.29, 0.717) is 19.3 Å². The number of hydrogen-bond acceptors (Lipinski definition) is 14. The lowest BCUT2D eigenvalue weighted by Gasteiger charge is -2.21. The molecule has 0 aromatic carbocycles. The highest BCUT2D eigenvalue weighted by atomic mass is 31.2. The topological polar surface area (TPSA) is 231 Å². The van der Waals surface area contributed by atoms with Crippen molar-refractivity contribution in [2.45, 2.75) is 437 Å². The average Bonchev–Trinajstić information content (AvgIpc) is 0.912. The summed E-state index contributed by atoms with van der Waals surface area (Å²) in [4.78, 5) is 59.1. The Morgan fingerprint density at radius 3 is 0.683 bits per heavy atom. The lowest BCUT2D eigenvalue weighted by Crippen LogP contribution is -2.30. The summed E-state index contributed by atoms with van der Waals surface area (Å²) in [6.45, 7) is 2.48. The zero-order chi connectivity index (χ0) is 89.3. The Morgan fingerprint density at radius 1 is 0.236 bits per heavy atom. The van der Waals surface area contributed by atoms with Gasteiger partial charge in [0.1, 0.15) is 25.4 Å². The van der Waals surface area contributed by atoms with Gasteiger partial charge >= 0.3 is 33.6 Å². The number of rotatable bonds is 93. The first-order valence-electron chi connectivity index (χ1n) is 49.4. The molecule has 4 N–H and O–H groups in total. The molecule has 0 amide bonds. The van der Waals surface area contributed by atoms with Crippen LogP contribution in [0.3, 0.4) is 0 Å². The molecule has 123 heavy (non-hydrogen) atoms. The van der Waals surface area contributed by atoms with E-state index in [4.69, 9.17) is 32.3 Å². The van der Waals surface area contributed by atoms with E-state index in [9.17, 15) is 43.5 Å². The lowest BCUT2D eigenvalue weighted by molar-refractivity contribution is -0.161. The summed E-state index contributed by atoms with van der Waals surface area (Å²) in [5.74, 6) is -1.58. The monoisotopic (exact) mass is 1760 g/mol. The highest BCUT2D eigenvalue weighted by molar-refractivity contribution is 7.47. The number of ether oxygens (including phenoxy) is 3. The maximum absolute atomic E-state index is 13.1. The van der Waals surface area contributed by atoms with Crippen LogP contribution >= 0.6 is 15.6 Å². The molecule has 0 saturated heterocycles. The number of unbranched alkanes of at least 4 members (excludes halogenated alkanes) is 42. The number of phosphoric ester groups is 2. The van der Waals surface area contributed by atoms with Gasteiger partial charge in [0.05, 0.1) is 26.4 Å². The van der Waals surface area contributed by atoms with Crippen molar-refractivity contribution in [3.63, 3.8) is 0 Å². The second-order valence-corrected chi connectivity index (χ2v) is 35.7. The highest BCUT2D eigenvalue weighted by Crippen LogP contribution is 2.45. The van der Waals surface area contributed by atoms with Gasteiger partial charge < -0.3 is 34.2 Å². The molecule has 0 aliphatic heterocycles. The van der Waals surface area contributed by atoms with Crippen LogP contribution in [0.1, 0.15) is 419 Å². The molecule has 0 radical (unpaired) electrons. The average molecular weight is 1760 g/mol. The van der Waals surface area contributed by atoms with E-state index in [1.165, 1.54) is 193 Å². The van der Waals surface area contributed by atoms with E-state index in [0.717, 1.165) is 167 Å². The number of aliphatic hydroxyl groups is 2. The number of phosphoric acid groups is 2. The zero-order valence-electron chi connectivity index (χ0n) is 78.1. The van der Waals surface area contributed by atoms with Crippen molar-refractivity contribution in [3.05, 3.63) is 170 Å². The van der Waals surface area contributed by atoms with Gasteiger partial charge in [-0.1, -0.05) is 416 Å². The summed E-state index contributed by atoms with van der Waals surface area (Å²) in [5.41, 5.74) is 0. The molecule has 18 heteroatoms. The SMILES string of the molecule is CC/C=C\C/C=C\C/C=C\C/C=C\C/C=C\CCCCCCCCCCCCCCCCCC(=O)OCC(COP(=O)(O)OCC(O)COP(=O)(O)OCC(O)COC(=O)CCCCCCCCCCCCCCCCCCC/C=C\C/C=C\C/C=C\C/C=C\CCCCC)OC(=O)CCCCCCCCC/C=C\C/C=C\C/C=C\C/C=C\C/C=C\CC. The Bertz CT molecular complexity index is 2920. The van der Waals surface area contributed by atoms with E-state index in [1.54, 1.807) is 0 Å². The fourth-order valence-electron chi connectivity index (χ4n) is 13.5. The molecule has 0 fully saturated rings. The second kappa shape index (κ2) is 96.0. The van der Waals surface area contributed by atoms with Crippen LogP contribution in [-0.4, -0.2) is 95.9 Å². The molecular weight excluding hydrogens is 1580 g/mol. The number of allylic oxidation sites excluding steroid dienone is 28. The molecule has 706 valence electrons. The first kappa shape index (κ1) is 118.